The van der Waals surface area contributed by atoms with Crippen molar-refractivity contribution in [1.29, 1.82) is 0 Å². The van der Waals surface area contributed by atoms with Crippen molar-refractivity contribution < 1.29 is 0 Å². The van der Waals surface area contributed by atoms with Gasteiger partial charge in [0.2, 0.25) is 0 Å². The molecule has 0 saturated heterocycles. The summed E-state index contributed by atoms with van der Waals surface area (Å²) in [6.45, 7) is 0. The fourth-order valence-electron chi connectivity index (χ4n) is 7.56. The Labute approximate surface area is 308 Å². The Hall–Kier alpha value is -7.04. The van der Waals surface area contributed by atoms with Gasteiger partial charge in [-0.3, -0.25) is 0 Å². The van der Waals surface area contributed by atoms with Gasteiger partial charge < -0.3 is 9.88 Å². The maximum Gasteiger partial charge on any atom is 0.159 e. The van der Waals surface area contributed by atoms with Crippen LogP contribution in [0.5, 0.6) is 0 Å². The normalized spacial score (nSPS) is 14.2. The quantitative estimate of drug-likeness (QED) is 0.187. The molecule has 0 amide bonds. The van der Waals surface area contributed by atoms with Crippen molar-refractivity contribution in [2.45, 2.75) is 6.17 Å². The molecular formula is C49H34N4. The molecule has 1 unspecified atom stereocenters. The molecule has 1 aliphatic rings. The van der Waals surface area contributed by atoms with Crippen LogP contribution in [0.4, 0.5) is 0 Å². The molecule has 0 fully saturated rings. The Morgan fingerprint density at radius 2 is 0.981 bits per heavy atom. The molecular weight excluding hydrogens is 645 g/mol. The lowest BCUT2D eigenvalue weighted by atomic mass is 10.00. The Balaban J connectivity index is 0.978. The first-order valence-electron chi connectivity index (χ1n) is 18.0. The Morgan fingerprint density at radius 3 is 1.70 bits per heavy atom. The van der Waals surface area contributed by atoms with Gasteiger partial charge in [-0.25, -0.2) is 9.98 Å². The van der Waals surface area contributed by atoms with Crippen molar-refractivity contribution >= 4 is 44.2 Å². The summed E-state index contributed by atoms with van der Waals surface area (Å²) in [6.07, 6.45) is -0.263. The molecule has 0 bridgehead atoms. The van der Waals surface area contributed by atoms with Gasteiger partial charge in [0.05, 0.1) is 11.0 Å². The Bertz CT molecular complexity index is 2790. The van der Waals surface area contributed by atoms with Gasteiger partial charge in [-0.1, -0.05) is 164 Å². The summed E-state index contributed by atoms with van der Waals surface area (Å²) >= 11 is 0. The zero-order valence-corrected chi connectivity index (χ0v) is 28.9. The van der Waals surface area contributed by atoms with Gasteiger partial charge in [0.15, 0.2) is 5.84 Å². The lowest BCUT2D eigenvalue weighted by molar-refractivity contribution is 0.674. The van der Waals surface area contributed by atoms with Gasteiger partial charge in [0.25, 0.3) is 0 Å². The molecule has 0 saturated carbocycles. The van der Waals surface area contributed by atoms with Crippen molar-refractivity contribution in [2.75, 3.05) is 0 Å². The molecule has 4 nitrogen and oxygen atoms in total. The lowest BCUT2D eigenvalue weighted by Crippen LogP contribution is -2.33. The number of nitrogens with zero attached hydrogens (tertiary/aromatic N) is 3. The molecule has 0 spiro atoms. The third-order valence-electron chi connectivity index (χ3n) is 10.3. The number of amidine groups is 2. The first kappa shape index (κ1) is 30.8. The van der Waals surface area contributed by atoms with E-state index in [1.807, 2.05) is 6.07 Å². The van der Waals surface area contributed by atoms with Crippen molar-refractivity contribution in [1.82, 2.24) is 9.88 Å². The van der Waals surface area contributed by atoms with Gasteiger partial charge in [0.1, 0.15) is 12.0 Å². The van der Waals surface area contributed by atoms with E-state index in [0.717, 1.165) is 44.9 Å². The molecule has 1 atom stereocenters. The third-order valence-corrected chi connectivity index (χ3v) is 10.3. The van der Waals surface area contributed by atoms with Gasteiger partial charge in [-0.15, -0.1) is 0 Å². The second-order valence-electron chi connectivity index (χ2n) is 13.5. The molecule has 53 heavy (non-hydrogen) atoms. The van der Waals surface area contributed by atoms with E-state index in [9.17, 15) is 0 Å². The minimum atomic E-state index is -0.263. The Kier molecular flexibility index (Phi) is 7.51. The molecule has 2 heterocycles. The summed E-state index contributed by atoms with van der Waals surface area (Å²) in [4.78, 5) is 10.2. The van der Waals surface area contributed by atoms with E-state index in [1.54, 1.807) is 0 Å². The number of hydrogen-bond acceptors (Lipinski definition) is 3. The molecule has 0 aliphatic carbocycles. The summed E-state index contributed by atoms with van der Waals surface area (Å²) < 4.78 is 2.36. The predicted octanol–water partition coefficient (Wildman–Crippen LogP) is 11.8. The predicted molar refractivity (Wildman–Crippen MR) is 221 cm³/mol. The first-order chi connectivity index (χ1) is 26.2. The second kappa shape index (κ2) is 12.9. The molecule has 9 aromatic rings. The largest absolute Gasteiger partial charge is 0.344 e. The van der Waals surface area contributed by atoms with Gasteiger partial charge in [-0.2, -0.15) is 0 Å². The van der Waals surface area contributed by atoms with Crippen LogP contribution in [-0.2, 0) is 0 Å². The maximum absolute atomic E-state index is 5.10. The highest BCUT2D eigenvalue weighted by Crippen LogP contribution is 2.34. The van der Waals surface area contributed by atoms with Crippen molar-refractivity contribution in [3.63, 3.8) is 0 Å². The minimum Gasteiger partial charge on any atom is -0.344 e. The monoisotopic (exact) mass is 678 g/mol. The zero-order chi connectivity index (χ0) is 35.1. The van der Waals surface area contributed by atoms with Crippen LogP contribution in [-0.4, -0.2) is 16.2 Å². The molecule has 0 radical (unpaired) electrons. The molecule has 4 heteroatoms. The van der Waals surface area contributed by atoms with Gasteiger partial charge >= 0.3 is 0 Å². The average molecular weight is 679 g/mol. The third kappa shape index (κ3) is 5.67. The molecule has 10 rings (SSSR count). The van der Waals surface area contributed by atoms with Crippen LogP contribution in [0.15, 0.2) is 204 Å². The van der Waals surface area contributed by atoms with Crippen molar-refractivity contribution in [2.24, 2.45) is 9.98 Å². The second-order valence-corrected chi connectivity index (χ2v) is 13.5. The first-order valence-corrected chi connectivity index (χ1v) is 18.0. The number of rotatable bonds is 6. The van der Waals surface area contributed by atoms with Crippen LogP contribution in [0, 0.1) is 0 Å². The van der Waals surface area contributed by atoms with Crippen LogP contribution in [0.2, 0.25) is 0 Å². The highest BCUT2D eigenvalue weighted by Gasteiger charge is 2.21. The van der Waals surface area contributed by atoms with Crippen LogP contribution in [0.25, 0.3) is 60.5 Å². The van der Waals surface area contributed by atoms with E-state index < -0.39 is 0 Å². The average Bonchev–Trinajstić information content (AvgIpc) is 3.58. The summed E-state index contributed by atoms with van der Waals surface area (Å²) in [5, 5.41) is 8.62. The van der Waals surface area contributed by atoms with E-state index in [-0.39, 0.29) is 6.17 Å². The number of benzene rings is 8. The fraction of sp³-hybridized carbons (Fsp3) is 0.0204. The standard InChI is InChI=1S/C49H34N4/c1-2-12-36(13-3-1)47-50-48(52-49(51-47)38-28-23-35(24-29-38)41-30-25-33-11-4-5-14-39(33)31-41)37-26-21-34(22-27-37)40-15-10-16-42(32-40)53-45-19-8-6-17-43(45)44-18-7-9-20-46(44)53/h1-32,47H,(H,50,51,52). The van der Waals surface area contributed by atoms with Gasteiger partial charge in [0, 0.05) is 27.6 Å². The number of nitrogens with one attached hydrogen (secondary N) is 1. The van der Waals surface area contributed by atoms with Gasteiger partial charge in [-0.05, 0) is 68.9 Å². The van der Waals surface area contributed by atoms with Crippen molar-refractivity contribution in [3.8, 4) is 27.9 Å². The maximum atomic E-state index is 5.10. The number of para-hydroxylation sites is 2. The van der Waals surface area contributed by atoms with E-state index in [4.69, 9.17) is 9.98 Å². The van der Waals surface area contributed by atoms with Crippen LogP contribution < -0.4 is 5.32 Å². The molecule has 1 aromatic heterocycles. The smallest absolute Gasteiger partial charge is 0.159 e. The van der Waals surface area contributed by atoms with E-state index in [2.05, 4.69) is 198 Å². The molecule has 1 aliphatic heterocycles. The summed E-state index contributed by atoms with van der Waals surface area (Å²) in [5.41, 5.74) is 11.3. The number of aromatic nitrogens is 1. The highest BCUT2D eigenvalue weighted by atomic mass is 15.2. The van der Waals surface area contributed by atoms with Crippen LogP contribution in [0.1, 0.15) is 22.9 Å². The lowest BCUT2D eigenvalue weighted by Gasteiger charge is -2.24. The topological polar surface area (TPSA) is 41.7 Å². The highest BCUT2D eigenvalue weighted by molar-refractivity contribution is 6.13. The SMILES string of the molecule is c1ccc(C2N=C(c3ccc(-c4ccc5ccccc5c4)cc3)N=C(c3ccc(-c4cccc(-n5c6ccccc6c6ccccc65)c4)cc3)N2)cc1. The van der Waals surface area contributed by atoms with E-state index in [0.29, 0.717) is 5.84 Å². The molecule has 1 N–H and O–H groups in total. The number of aliphatic imine (C=N–C) groups is 2. The summed E-state index contributed by atoms with van der Waals surface area (Å²) in [6, 6.07) is 68.8. The molecule has 8 aromatic carbocycles. The number of fused-ring (bicyclic) bond motifs is 4. The summed E-state index contributed by atoms with van der Waals surface area (Å²) in [7, 11) is 0. The van der Waals surface area contributed by atoms with Crippen molar-refractivity contribution in [3.05, 3.63) is 211 Å². The van der Waals surface area contributed by atoms with Crippen LogP contribution in [0.3, 0.4) is 0 Å². The van der Waals surface area contributed by atoms with Crippen LogP contribution >= 0.6 is 0 Å². The van der Waals surface area contributed by atoms with E-state index >= 15 is 0 Å². The molecule has 250 valence electrons. The minimum absolute atomic E-state index is 0.263. The zero-order valence-electron chi connectivity index (χ0n) is 28.9. The summed E-state index contributed by atoms with van der Waals surface area (Å²) in [5.74, 6) is 1.51. The Morgan fingerprint density at radius 1 is 0.415 bits per heavy atom. The number of hydrogen-bond donors (Lipinski definition) is 1. The fourth-order valence-corrected chi connectivity index (χ4v) is 7.56. The van der Waals surface area contributed by atoms with E-state index in [1.165, 1.54) is 38.1 Å².